The first-order valence-corrected chi connectivity index (χ1v) is 6.29. The predicted octanol–water partition coefficient (Wildman–Crippen LogP) is 1.94. The van der Waals surface area contributed by atoms with Crippen LogP contribution in [0.25, 0.3) is 0 Å². The first-order valence-electron chi connectivity index (χ1n) is 5.76. The van der Waals surface area contributed by atoms with E-state index in [0.29, 0.717) is 6.61 Å². The van der Waals surface area contributed by atoms with E-state index in [9.17, 15) is 4.79 Å². The van der Waals surface area contributed by atoms with Crippen LogP contribution in [0.1, 0.15) is 32.1 Å². The summed E-state index contributed by atoms with van der Waals surface area (Å²) in [6.45, 7) is 2.11. The van der Waals surface area contributed by atoms with Crippen molar-refractivity contribution in [1.29, 1.82) is 0 Å². The van der Waals surface area contributed by atoms with Gasteiger partial charge in [0, 0.05) is 19.0 Å². The topological polar surface area (TPSA) is 38.3 Å². The summed E-state index contributed by atoms with van der Waals surface area (Å²) < 4.78 is 5.16. The first kappa shape index (κ1) is 12.8. The SMILES string of the molecule is O=C(NCCCCCCCl)C1CCOC1. The van der Waals surface area contributed by atoms with Crippen LogP contribution in [0.5, 0.6) is 0 Å². The zero-order valence-corrected chi connectivity index (χ0v) is 9.89. The number of hydrogen-bond acceptors (Lipinski definition) is 2. The smallest absolute Gasteiger partial charge is 0.225 e. The maximum Gasteiger partial charge on any atom is 0.225 e. The van der Waals surface area contributed by atoms with Gasteiger partial charge in [-0.15, -0.1) is 11.6 Å². The Morgan fingerprint density at radius 3 is 2.80 bits per heavy atom. The fraction of sp³-hybridized carbons (Fsp3) is 0.909. The van der Waals surface area contributed by atoms with Gasteiger partial charge in [-0.3, -0.25) is 4.79 Å². The van der Waals surface area contributed by atoms with Crippen LogP contribution in [0.2, 0.25) is 0 Å². The zero-order valence-electron chi connectivity index (χ0n) is 9.14. The number of alkyl halides is 1. The van der Waals surface area contributed by atoms with Crippen molar-refractivity contribution in [1.82, 2.24) is 5.32 Å². The summed E-state index contributed by atoms with van der Waals surface area (Å²) in [7, 11) is 0. The highest BCUT2D eigenvalue weighted by Crippen LogP contribution is 2.11. The minimum Gasteiger partial charge on any atom is -0.381 e. The number of hydrogen-bond donors (Lipinski definition) is 1. The number of carbonyl (C=O) groups excluding carboxylic acids is 1. The van der Waals surface area contributed by atoms with Crippen LogP contribution < -0.4 is 5.32 Å². The Hall–Kier alpha value is -0.280. The summed E-state index contributed by atoms with van der Waals surface area (Å²) in [5.74, 6) is 0.990. The van der Waals surface area contributed by atoms with E-state index in [-0.39, 0.29) is 11.8 Å². The van der Waals surface area contributed by atoms with E-state index < -0.39 is 0 Å². The van der Waals surface area contributed by atoms with Gasteiger partial charge in [0.15, 0.2) is 0 Å². The maximum absolute atomic E-state index is 11.5. The lowest BCUT2D eigenvalue weighted by Gasteiger charge is -2.08. The van der Waals surface area contributed by atoms with Crippen molar-refractivity contribution in [2.75, 3.05) is 25.6 Å². The maximum atomic E-state index is 11.5. The molecule has 0 aromatic carbocycles. The molecule has 1 N–H and O–H groups in total. The molecule has 1 atom stereocenters. The molecule has 1 fully saturated rings. The van der Waals surface area contributed by atoms with Gasteiger partial charge in [0.25, 0.3) is 0 Å². The fourth-order valence-corrected chi connectivity index (χ4v) is 1.86. The summed E-state index contributed by atoms with van der Waals surface area (Å²) in [5, 5.41) is 2.95. The number of carbonyl (C=O) groups is 1. The highest BCUT2D eigenvalue weighted by atomic mass is 35.5. The molecule has 1 rings (SSSR count). The molecule has 1 amide bonds. The standard InChI is InChI=1S/C11H20ClNO2/c12-6-3-1-2-4-7-13-11(14)10-5-8-15-9-10/h10H,1-9H2,(H,13,14). The molecule has 0 aromatic heterocycles. The lowest BCUT2D eigenvalue weighted by Crippen LogP contribution is -2.31. The van der Waals surface area contributed by atoms with Crippen molar-refractivity contribution in [2.45, 2.75) is 32.1 Å². The molecule has 0 spiro atoms. The fourth-order valence-electron chi connectivity index (χ4n) is 1.67. The molecular weight excluding hydrogens is 214 g/mol. The molecular formula is C11H20ClNO2. The number of amides is 1. The highest BCUT2D eigenvalue weighted by molar-refractivity contribution is 6.17. The molecule has 0 saturated carbocycles. The molecule has 1 unspecified atom stereocenters. The van der Waals surface area contributed by atoms with Gasteiger partial charge in [0.2, 0.25) is 5.91 Å². The largest absolute Gasteiger partial charge is 0.381 e. The third kappa shape index (κ3) is 5.38. The molecule has 0 radical (unpaired) electrons. The average molecular weight is 234 g/mol. The van der Waals surface area contributed by atoms with Crippen LogP contribution >= 0.6 is 11.6 Å². The quantitative estimate of drug-likeness (QED) is 0.539. The Morgan fingerprint density at radius 1 is 1.33 bits per heavy atom. The van der Waals surface area contributed by atoms with Crippen LogP contribution in [-0.4, -0.2) is 31.5 Å². The van der Waals surface area contributed by atoms with E-state index in [1.165, 1.54) is 0 Å². The van der Waals surface area contributed by atoms with Crippen molar-refractivity contribution in [3.05, 3.63) is 0 Å². The number of nitrogens with one attached hydrogen (secondary N) is 1. The van der Waals surface area contributed by atoms with Gasteiger partial charge in [0.1, 0.15) is 0 Å². The van der Waals surface area contributed by atoms with Crippen molar-refractivity contribution in [2.24, 2.45) is 5.92 Å². The third-order valence-corrected chi connectivity index (χ3v) is 2.93. The van der Waals surface area contributed by atoms with Crippen LogP contribution in [0, 0.1) is 5.92 Å². The van der Waals surface area contributed by atoms with Crippen LogP contribution in [0.15, 0.2) is 0 Å². The van der Waals surface area contributed by atoms with E-state index in [1.807, 2.05) is 0 Å². The Labute approximate surface area is 96.5 Å². The zero-order chi connectivity index (χ0) is 10.9. The minimum atomic E-state index is 0.0906. The Morgan fingerprint density at radius 2 is 2.13 bits per heavy atom. The van der Waals surface area contributed by atoms with Crippen LogP contribution in [0.3, 0.4) is 0 Å². The van der Waals surface area contributed by atoms with E-state index in [0.717, 1.165) is 51.1 Å². The summed E-state index contributed by atoms with van der Waals surface area (Å²) in [4.78, 5) is 11.5. The molecule has 3 nitrogen and oxygen atoms in total. The van der Waals surface area contributed by atoms with Crippen molar-refractivity contribution in [3.8, 4) is 0 Å². The second kappa shape index (κ2) is 7.94. The molecule has 1 aliphatic heterocycles. The lowest BCUT2D eigenvalue weighted by atomic mass is 10.1. The predicted molar refractivity (Wildman–Crippen MR) is 61.1 cm³/mol. The Kier molecular flexibility index (Phi) is 6.77. The molecule has 4 heteroatoms. The molecule has 0 bridgehead atoms. The number of unbranched alkanes of at least 4 members (excludes halogenated alkanes) is 3. The molecule has 1 aliphatic rings. The first-order chi connectivity index (χ1) is 7.34. The molecule has 15 heavy (non-hydrogen) atoms. The van der Waals surface area contributed by atoms with Gasteiger partial charge in [-0.2, -0.15) is 0 Å². The summed E-state index contributed by atoms with van der Waals surface area (Å²) in [6, 6.07) is 0. The van der Waals surface area contributed by atoms with E-state index >= 15 is 0 Å². The van der Waals surface area contributed by atoms with Gasteiger partial charge in [-0.25, -0.2) is 0 Å². The van der Waals surface area contributed by atoms with Gasteiger partial charge in [0.05, 0.1) is 12.5 Å². The second-order valence-corrected chi connectivity index (χ2v) is 4.33. The number of halogens is 1. The average Bonchev–Trinajstić information content (AvgIpc) is 2.76. The van der Waals surface area contributed by atoms with E-state index in [1.54, 1.807) is 0 Å². The highest BCUT2D eigenvalue weighted by Gasteiger charge is 2.22. The van der Waals surface area contributed by atoms with E-state index in [2.05, 4.69) is 5.32 Å². The Bertz CT molecular complexity index is 181. The van der Waals surface area contributed by atoms with Crippen LogP contribution in [0.4, 0.5) is 0 Å². The van der Waals surface area contributed by atoms with Crippen molar-refractivity contribution in [3.63, 3.8) is 0 Å². The lowest BCUT2D eigenvalue weighted by molar-refractivity contribution is -0.124. The van der Waals surface area contributed by atoms with Crippen molar-refractivity contribution >= 4 is 17.5 Å². The Balaban J connectivity index is 1.92. The normalized spacial score (nSPS) is 20.5. The molecule has 1 saturated heterocycles. The monoisotopic (exact) mass is 233 g/mol. The second-order valence-electron chi connectivity index (χ2n) is 3.95. The summed E-state index contributed by atoms with van der Waals surface area (Å²) in [5.41, 5.74) is 0. The number of ether oxygens (including phenoxy) is 1. The molecule has 1 heterocycles. The molecule has 88 valence electrons. The van der Waals surface area contributed by atoms with Gasteiger partial charge in [-0.05, 0) is 19.3 Å². The van der Waals surface area contributed by atoms with Gasteiger partial charge in [-0.1, -0.05) is 12.8 Å². The van der Waals surface area contributed by atoms with Crippen LogP contribution in [-0.2, 0) is 9.53 Å². The van der Waals surface area contributed by atoms with Gasteiger partial charge >= 0.3 is 0 Å². The van der Waals surface area contributed by atoms with E-state index in [4.69, 9.17) is 16.3 Å². The summed E-state index contributed by atoms with van der Waals surface area (Å²) in [6.07, 6.45) is 5.31. The van der Waals surface area contributed by atoms with Gasteiger partial charge < -0.3 is 10.1 Å². The molecule has 0 aliphatic carbocycles. The van der Waals surface area contributed by atoms with Crippen molar-refractivity contribution < 1.29 is 9.53 Å². The molecule has 0 aromatic rings. The third-order valence-electron chi connectivity index (χ3n) is 2.66. The minimum absolute atomic E-state index is 0.0906. The summed E-state index contributed by atoms with van der Waals surface area (Å²) >= 11 is 5.57. The number of rotatable bonds is 7.